The molecule has 0 aliphatic carbocycles. The van der Waals surface area contributed by atoms with E-state index in [1.807, 2.05) is 12.1 Å². The average Bonchev–Trinajstić information content (AvgIpc) is 2.62. The number of sulfonamides is 1. The first-order chi connectivity index (χ1) is 12.0. The SMILES string of the molecule is Cl.O=c1ccc2ccc(CNCCNS(=O)(=O)c3ccccc3)cc2o1. The second-order valence-electron chi connectivity index (χ2n) is 5.51. The van der Waals surface area contributed by atoms with Gasteiger partial charge in [-0.15, -0.1) is 12.4 Å². The number of benzene rings is 2. The molecule has 0 radical (unpaired) electrons. The van der Waals surface area contributed by atoms with Gasteiger partial charge in [0.2, 0.25) is 10.0 Å². The summed E-state index contributed by atoms with van der Waals surface area (Å²) < 4.78 is 31.8. The molecule has 26 heavy (non-hydrogen) atoms. The van der Waals surface area contributed by atoms with Crippen LogP contribution >= 0.6 is 12.4 Å². The normalized spacial score (nSPS) is 11.2. The van der Waals surface area contributed by atoms with Crippen molar-refractivity contribution in [2.75, 3.05) is 13.1 Å². The monoisotopic (exact) mass is 394 g/mol. The second-order valence-corrected chi connectivity index (χ2v) is 7.28. The molecule has 2 N–H and O–H groups in total. The van der Waals surface area contributed by atoms with Crippen LogP contribution in [0.15, 0.2) is 74.8 Å². The Hall–Kier alpha value is -2.19. The van der Waals surface area contributed by atoms with Crippen molar-refractivity contribution in [3.8, 4) is 0 Å². The number of hydrogen-bond donors (Lipinski definition) is 2. The van der Waals surface area contributed by atoms with Gasteiger partial charge in [-0.25, -0.2) is 17.9 Å². The number of fused-ring (bicyclic) bond motifs is 1. The fourth-order valence-corrected chi connectivity index (χ4v) is 3.46. The van der Waals surface area contributed by atoms with E-state index >= 15 is 0 Å². The van der Waals surface area contributed by atoms with Crippen LogP contribution in [0.5, 0.6) is 0 Å². The predicted molar refractivity (Wildman–Crippen MR) is 103 cm³/mol. The molecular weight excluding hydrogens is 376 g/mol. The largest absolute Gasteiger partial charge is 0.423 e. The van der Waals surface area contributed by atoms with Gasteiger partial charge in [-0.1, -0.05) is 30.3 Å². The van der Waals surface area contributed by atoms with Gasteiger partial charge in [0.15, 0.2) is 0 Å². The van der Waals surface area contributed by atoms with E-state index in [2.05, 4.69) is 10.0 Å². The van der Waals surface area contributed by atoms with Crippen LogP contribution in [0.4, 0.5) is 0 Å². The lowest BCUT2D eigenvalue weighted by molar-refractivity contribution is 0.560. The Kier molecular flexibility index (Phi) is 6.93. The summed E-state index contributed by atoms with van der Waals surface area (Å²) in [5, 5.41) is 4.02. The van der Waals surface area contributed by atoms with E-state index in [0.29, 0.717) is 18.7 Å². The van der Waals surface area contributed by atoms with Crippen molar-refractivity contribution >= 4 is 33.4 Å². The Labute approximate surface area is 157 Å². The summed E-state index contributed by atoms with van der Waals surface area (Å²) in [5.41, 5.74) is 1.11. The van der Waals surface area contributed by atoms with Crippen molar-refractivity contribution in [3.63, 3.8) is 0 Å². The minimum absolute atomic E-state index is 0. The summed E-state index contributed by atoms with van der Waals surface area (Å²) in [7, 11) is -3.48. The lowest BCUT2D eigenvalue weighted by atomic mass is 10.1. The predicted octanol–water partition coefficient (Wildman–Crippen LogP) is 2.28. The molecule has 1 heterocycles. The maximum absolute atomic E-state index is 12.1. The molecule has 0 bridgehead atoms. The third kappa shape index (κ3) is 5.15. The third-order valence-corrected chi connectivity index (χ3v) is 5.14. The van der Waals surface area contributed by atoms with Crippen LogP contribution in [0.25, 0.3) is 11.0 Å². The first-order valence-corrected chi connectivity index (χ1v) is 9.31. The Bertz CT molecular complexity index is 1020. The fraction of sp³-hybridized carbons (Fsp3) is 0.167. The highest BCUT2D eigenvalue weighted by Gasteiger charge is 2.11. The zero-order valence-corrected chi connectivity index (χ0v) is 15.5. The van der Waals surface area contributed by atoms with E-state index in [1.54, 1.807) is 42.5 Å². The standard InChI is InChI=1S/C18H18N2O4S.ClH/c21-18-9-8-15-7-6-14(12-17(15)24-18)13-19-10-11-20-25(22,23)16-4-2-1-3-5-16;/h1-9,12,19-20H,10-11,13H2;1H. The molecule has 6 nitrogen and oxygen atoms in total. The minimum atomic E-state index is -3.48. The first kappa shape index (κ1) is 20.1. The van der Waals surface area contributed by atoms with Gasteiger partial charge < -0.3 is 9.73 Å². The highest BCUT2D eigenvalue weighted by atomic mass is 35.5. The van der Waals surface area contributed by atoms with Crippen molar-refractivity contribution in [1.29, 1.82) is 0 Å². The molecular formula is C18H19ClN2O4S. The zero-order chi connectivity index (χ0) is 17.7. The molecule has 0 unspecified atom stereocenters. The maximum atomic E-state index is 12.1. The Balaban J connectivity index is 0.00000243. The van der Waals surface area contributed by atoms with Crippen molar-refractivity contribution in [2.24, 2.45) is 0 Å². The van der Waals surface area contributed by atoms with Gasteiger partial charge in [0.25, 0.3) is 0 Å². The van der Waals surface area contributed by atoms with Crippen LogP contribution in [-0.2, 0) is 16.6 Å². The molecule has 0 aliphatic rings. The minimum Gasteiger partial charge on any atom is -0.423 e. The quantitative estimate of drug-likeness (QED) is 0.474. The van der Waals surface area contributed by atoms with Gasteiger partial charge in [0.1, 0.15) is 5.58 Å². The van der Waals surface area contributed by atoms with E-state index in [1.165, 1.54) is 6.07 Å². The summed E-state index contributed by atoms with van der Waals surface area (Å²) in [6, 6.07) is 17.0. The molecule has 0 saturated carbocycles. The number of rotatable bonds is 7. The van der Waals surface area contributed by atoms with Gasteiger partial charge in [-0.3, -0.25) is 0 Å². The molecule has 1 aromatic heterocycles. The molecule has 0 spiro atoms. The second kappa shape index (κ2) is 8.95. The van der Waals surface area contributed by atoms with Gasteiger partial charge in [0.05, 0.1) is 4.90 Å². The van der Waals surface area contributed by atoms with E-state index < -0.39 is 10.0 Å². The molecule has 138 valence electrons. The van der Waals surface area contributed by atoms with Gasteiger partial charge in [0, 0.05) is 31.1 Å². The molecule has 3 rings (SSSR count). The van der Waals surface area contributed by atoms with E-state index in [9.17, 15) is 13.2 Å². The fourth-order valence-electron chi connectivity index (χ4n) is 2.40. The smallest absolute Gasteiger partial charge is 0.336 e. The summed E-state index contributed by atoms with van der Waals surface area (Å²) in [5.74, 6) is 0. The van der Waals surface area contributed by atoms with Crippen LogP contribution in [-0.4, -0.2) is 21.5 Å². The lowest BCUT2D eigenvalue weighted by Crippen LogP contribution is -2.31. The van der Waals surface area contributed by atoms with Crippen LogP contribution in [0.1, 0.15) is 5.56 Å². The van der Waals surface area contributed by atoms with Crippen molar-refractivity contribution in [2.45, 2.75) is 11.4 Å². The zero-order valence-electron chi connectivity index (χ0n) is 13.8. The Morgan fingerprint density at radius 1 is 0.923 bits per heavy atom. The Morgan fingerprint density at radius 2 is 1.65 bits per heavy atom. The maximum Gasteiger partial charge on any atom is 0.336 e. The highest BCUT2D eigenvalue weighted by Crippen LogP contribution is 2.13. The molecule has 0 saturated heterocycles. The van der Waals surface area contributed by atoms with Gasteiger partial charge in [-0.05, 0) is 29.8 Å². The third-order valence-electron chi connectivity index (χ3n) is 3.66. The highest BCUT2D eigenvalue weighted by molar-refractivity contribution is 7.89. The summed E-state index contributed by atoms with van der Waals surface area (Å²) in [4.78, 5) is 11.5. The van der Waals surface area contributed by atoms with Crippen molar-refractivity contribution in [1.82, 2.24) is 10.0 Å². The summed E-state index contributed by atoms with van der Waals surface area (Å²) in [6.07, 6.45) is 0. The van der Waals surface area contributed by atoms with Crippen LogP contribution in [0.3, 0.4) is 0 Å². The van der Waals surface area contributed by atoms with E-state index in [-0.39, 0.29) is 29.5 Å². The van der Waals surface area contributed by atoms with E-state index in [4.69, 9.17) is 4.42 Å². The molecule has 0 amide bonds. The molecule has 0 atom stereocenters. The molecule has 3 aromatic rings. The van der Waals surface area contributed by atoms with Crippen molar-refractivity contribution < 1.29 is 12.8 Å². The average molecular weight is 395 g/mol. The Morgan fingerprint density at radius 3 is 2.42 bits per heavy atom. The summed E-state index contributed by atoms with van der Waals surface area (Å²) in [6.45, 7) is 1.30. The van der Waals surface area contributed by atoms with Crippen molar-refractivity contribution in [3.05, 3.63) is 76.6 Å². The van der Waals surface area contributed by atoms with Crippen LogP contribution in [0.2, 0.25) is 0 Å². The van der Waals surface area contributed by atoms with Crippen LogP contribution < -0.4 is 15.7 Å². The molecule has 2 aromatic carbocycles. The number of halogens is 1. The first-order valence-electron chi connectivity index (χ1n) is 7.83. The number of nitrogens with one attached hydrogen (secondary N) is 2. The topological polar surface area (TPSA) is 88.4 Å². The van der Waals surface area contributed by atoms with E-state index in [0.717, 1.165) is 10.9 Å². The molecule has 0 aliphatic heterocycles. The van der Waals surface area contributed by atoms with Crippen LogP contribution in [0, 0.1) is 0 Å². The number of hydrogen-bond acceptors (Lipinski definition) is 5. The summed E-state index contributed by atoms with van der Waals surface area (Å²) >= 11 is 0. The van der Waals surface area contributed by atoms with Gasteiger partial charge in [-0.2, -0.15) is 0 Å². The molecule has 0 fully saturated rings. The van der Waals surface area contributed by atoms with Gasteiger partial charge >= 0.3 is 5.63 Å². The lowest BCUT2D eigenvalue weighted by Gasteiger charge is -2.08. The molecule has 8 heteroatoms.